The van der Waals surface area contributed by atoms with Crippen molar-refractivity contribution >= 4 is 45.8 Å². The SMILES string of the molecule is Cl.O=C(COc1ccc(Br)cc1Cl)N1CCC2CCC(C1)N2. The number of nitrogens with zero attached hydrogens (tertiary/aromatic N) is 1. The third kappa shape index (κ3) is 4.28. The predicted octanol–water partition coefficient (Wildman–Crippen LogP) is 3.26. The van der Waals surface area contributed by atoms with Crippen molar-refractivity contribution in [3.8, 4) is 5.75 Å². The summed E-state index contributed by atoms with van der Waals surface area (Å²) in [6, 6.07) is 6.40. The lowest BCUT2D eigenvalue weighted by atomic mass is 10.1. The molecule has 0 spiro atoms. The molecule has 2 heterocycles. The molecule has 1 N–H and O–H groups in total. The number of amides is 1. The highest BCUT2D eigenvalue weighted by Crippen LogP contribution is 2.28. The molecular weight excluding hydrogens is 391 g/mol. The molecule has 0 aromatic heterocycles. The molecule has 2 saturated heterocycles. The number of rotatable bonds is 3. The molecule has 1 amide bonds. The lowest BCUT2D eigenvalue weighted by Gasteiger charge is -2.24. The lowest BCUT2D eigenvalue weighted by molar-refractivity contribution is -0.133. The Morgan fingerprint density at radius 1 is 1.36 bits per heavy atom. The molecule has 7 heteroatoms. The van der Waals surface area contributed by atoms with Crippen LogP contribution in [0.2, 0.25) is 5.02 Å². The minimum Gasteiger partial charge on any atom is -0.482 e. The van der Waals surface area contributed by atoms with Gasteiger partial charge in [-0.2, -0.15) is 0 Å². The molecule has 0 aliphatic carbocycles. The first-order valence-electron chi connectivity index (χ1n) is 7.23. The van der Waals surface area contributed by atoms with Crippen molar-refractivity contribution < 1.29 is 9.53 Å². The number of hydrogen-bond acceptors (Lipinski definition) is 3. The van der Waals surface area contributed by atoms with Gasteiger partial charge in [-0.1, -0.05) is 27.5 Å². The van der Waals surface area contributed by atoms with E-state index in [0.717, 1.165) is 30.4 Å². The zero-order valence-electron chi connectivity index (χ0n) is 12.1. The summed E-state index contributed by atoms with van der Waals surface area (Å²) in [6.45, 7) is 1.63. The van der Waals surface area contributed by atoms with Crippen LogP contribution in [0.5, 0.6) is 5.75 Å². The van der Waals surface area contributed by atoms with E-state index in [1.54, 1.807) is 12.1 Å². The quantitative estimate of drug-likeness (QED) is 0.832. The fourth-order valence-corrected chi connectivity index (χ4v) is 3.72. The standard InChI is InChI=1S/C15H18BrClN2O2.ClH/c16-10-1-4-14(13(17)7-10)21-9-15(20)19-6-5-11-2-3-12(8-19)18-11;/h1,4,7,11-12,18H,2-3,5-6,8-9H2;1H. The summed E-state index contributed by atoms with van der Waals surface area (Å²) < 4.78 is 6.45. The van der Waals surface area contributed by atoms with E-state index in [9.17, 15) is 4.79 Å². The second-order valence-corrected chi connectivity index (χ2v) is 6.95. The highest BCUT2D eigenvalue weighted by atomic mass is 79.9. The van der Waals surface area contributed by atoms with E-state index in [1.807, 2.05) is 11.0 Å². The van der Waals surface area contributed by atoms with Crippen molar-refractivity contribution in [3.63, 3.8) is 0 Å². The average molecular weight is 410 g/mol. The van der Waals surface area contributed by atoms with Crippen LogP contribution in [0.3, 0.4) is 0 Å². The Balaban J connectivity index is 0.00000176. The van der Waals surface area contributed by atoms with Crippen LogP contribution in [0, 0.1) is 0 Å². The zero-order valence-corrected chi connectivity index (χ0v) is 15.2. The van der Waals surface area contributed by atoms with Crippen LogP contribution in [-0.2, 0) is 4.79 Å². The number of likely N-dealkylation sites (tertiary alicyclic amines) is 1. The van der Waals surface area contributed by atoms with Gasteiger partial charge in [-0.25, -0.2) is 0 Å². The topological polar surface area (TPSA) is 41.6 Å². The van der Waals surface area contributed by atoms with Gasteiger partial charge in [0.1, 0.15) is 5.75 Å². The minimum atomic E-state index is 0. The largest absolute Gasteiger partial charge is 0.482 e. The van der Waals surface area contributed by atoms with Crippen LogP contribution in [0.1, 0.15) is 19.3 Å². The van der Waals surface area contributed by atoms with Crippen LogP contribution < -0.4 is 10.1 Å². The van der Waals surface area contributed by atoms with Crippen LogP contribution in [-0.4, -0.2) is 42.6 Å². The highest BCUT2D eigenvalue weighted by Gasteiger charge is 2.31. The third-order valence-electron chi connectivity index (χ3n) is 4.12. The first-order valence-corrected chi connectivity index (χ1v) is 8.40. The smallest absolute Gasteiger partial charge is 0.260 e. The molecule has 3 rings (SSSR count). The molecule has 2 aliphatic heterocycles. The summed E-state index contributed by atoms with van der Waals surface area (Å²) >= 11 is 9.43. The number of hydrogen-bond donors (Lipinski definition) is 1. The number of carbonyl (C=O) groups is 1. The van der Waals surface area contributed by atoms with Crippen LogP contribution in [0.4, 0.5) is 0 Å². The van der Waals surface area contributed by atoms with Crippen LogP contribution in [0.15, 0.2) is 22.7 Å². The Kier molecular flexibility index (Phi) is 6.38. The fourth-order valence-electron chi connectivity index (χ4n) is 2.99. The Morgan fingerprint density at radius 3 is 2.91 bits per heavy atom. The fraction of sp³-hybridized carbons (Fsp3) is 0.533. The Hall–Kier alpha value is -0.490. The lowest BCUT2D eigenvalue weighted by Crippen LogP contribution is -2.41. The van der Waals surface area contributed by atoms with E-state index in [1.165, 1.54) is 6.42 Å². The number of halogens is 3. The summed E-state index contributed by atoms with van der Waals surface area (Å²) in [4.78, 5) is 14.2. The molecule has 2 unspecified atom stereocenters. The summed E-state index contributed by atoms with van der Waals surface area (Å²) in [7, 11) is 0. The summed E-state index contributed by atoms with van der Waals surface area (Å²) in [5.41, 5.74) is 0. The van der Waals surface area contributed by atoms with Gasteiger partial charge in [0.15, 0.2) is 6.61 Å². The summed E-state index contributed by atoms with van der Waals surface area (Å²) in [5.74, 6) is 0.575. The number of nitrogens with one attached hydrogen (secondary N) is 1. The van der Waals surface area contributed by atoms with Gasteiger partial charge >= 0.3 is 0 Å². The third-order valence-corrected chi connectivity index (χ3v) is 4.91. The number of ether oxygens (including phenoxy) is 1. The summed E-state index contributed by atoms with van der Waals surface area (Å²) in [5, 5.41) is 4.07. The van der Waals surface area contributed by atoms with Crippen LogP contribution >= 0.6 is 39.9 Å². The molecule has 0 radical (unpaired) electrons. The van der Waals surface area contributed by atoms with E-state index in [-0.39, 0.29) is 24.9 Å². The molecule has 2 fully saturated rings. The zero-order chi connectivity index (χ0) is 14.8. The van der Waals surface area contributed by atoms with Gasteiger partial charge in [0, 0.05) is 29.6 Å². The molecule has 2 atom stereocenters. The van der Waals surface area contributed by atoms with Gasteiger partial charge < -0.3 is 15.0 Å². The van der Waals surface area contributed by atoms with Crippen molar-refractivity contribution in [2.75, 3.05) is 19.7 Å². The van der Waals surface area contributed by atoms with E-state index in [0.29, 0.717) is 22.9 Å². The van der Waals surface area contributed by atoms with Crippen molar-refractivity contribution in [3.05, 3.63) is 27.7 Å². The normalized spacial score (nSPS) is 23.6. The van der Waals surface area contributed by atoms with Gasteiger partial charge in [-0.3, -0.25) is 4.79 Å². The number of fused-ring (bicyclic) bond motifs is 2. The molecule has 122 valence electrons. The van der Waals surface area contributed by atoms with Gasteiger partial charge in [0.25, 0.3) is 5.91 Å². The van der Waals surface area contributed by atoms with E-state index < -0.39 is 0 Å². The number of carbonyl (C=O) groups excluding carboxylic acids is 1. The first-order chi connectivity index (χ1) is 10.1. The van der Waals surface area contributed by atoms with Gasteiger partial charge in [0.2, 0.25) is 0 Å². The molecule has 1 aromatic rings. The van der Waals surface area contributed by atoms with Gasteiger partial charge in [-0.05, 0) is 37.5 Å². The van der Waals surface area contributed by atoms with Crippen molar-refractivity contribution in [1.29, 1.82) is 0 Å². The molecule has 2 aliphatic rings. The van der Waals surface area contributed by atoms with E-state index >= 15 is 0 Å². The molecule has 4 nitrogen and oxygen atoms in total. The Bertz CT molecular complexity index is 544. The molecule has 1 aromatic carbocycles. The van der Waals surface area contributed by atoms with Crippen molar-refractivity contribution in [2.45, 2.75) is 31.3 Å². The first kappa shape index (κ1) is 17.9. The van der Waals surface area contributed by atoms with E-state index in [2.05, 4.69) is 21.2 Å². The van der Waals surface area contributed by atoms with Crippen molar-refractivity contribution in [2.24, 2.45) is 0 Å². The van der Waals surface area contributed by atoms with Gasteiger partial charge in [-0.15, -0.1) is 12.4 Å². The Labute approximate surface area is 150 Å². The number of benzene rings is 1. The highest BCUT2D eigenvalue weighted by molar-refractivity contribution is 9.10. The molecule has 2 bridgehead atoms. The van der Waals surface area contributed by atoms with Crippen molar-refractivity contribution in [1.82, 2.24) is 10.2 Å². The van der Waals surface area contributed by atoms with E-state index in [4.69, 9.17) is 16.3 Å². The monoisotopic (exact) mass is 408 g/mol. The second kappa shape index (κ2) is 7.86. The van der Waals surface area contributed by atoms with Crippen LogP contribution in [0.25, 0.3) is 0 Å². The molecular formula is C15H19BrCl2N2O2. The average Bonchev–Trinajstić information content (AvgIpc) is 2.77. The summed E-state index contributed by atoms with van der Waals surface area (Å²) in [6.07, 6.45) is 3.42. The maximum Gasteiger partial charge on any atom is 0.260 e. The molecule has 22 heavy (non-hydrogen) atoms. The Morgan fingerprint density at radius 2 is 2.14 bits per heavy atom. The second-order valence-electron chi connectivity index (χ2n) is 5.63. The maximum absolute atomic E-state index is 12.3. The maximum atomic E-state index is 12.3. The van der Waals surface area contributed by atoms with Gasteiger partial charge in [0.05, 0.1) is 5.02 Å². The predicted molar refractivity (Wildman–Crippen MR) is 93.0 cm³/mol. The minimum absolute atomic E-state index is 0. The molecule has 0 saturated carbocycles.